The van der Waals surface area contributed by atoms with Gasteiger partial charge >= 0.3 is 6.03 Å². The Kier molecular flexibility index (Phi) is 9.31. The predicted octanol–water partition coefficient (Wildman–Crippen LogP) is 4.85. The van der Waals surface area contributed by atoms with Gasteiger partial charge in [-0.15, -0.1) is 0 Å². The number of unbranched alkanes of at least 4 members (excludes halogenated alkanes) is 1. The van der Waals surface area contributed by atoms with Crippen molar-refractivity contribution < 1.29 is 9.53 Å². The van der Waals surface area contributed by atoms with E-state index in [9.17, 15) is 4.79 Å². The molecule has 1 fully saturated rings. The summed E-state index contributed by atoms with van der Waals surface area (Å²) in [6.45, 7) is 8.36. The summed E-state index contributed by atoms with van der Waals surface area (Å²) < 4.78 is 5.96. The van der Waals surface area contributed by atoms with Crippen molar-refractivity contribution in [3.05, 3.63) is 53.6 Å². The Balaban J connectivity index is 1.38. The molecule has 0 atom stereocenters. The van der Waals surface area contributed by atoms with Crippen LogP contribution in [0.5, 0.6) is 5.75 Å². The minimum Gasteiger partial charge on any atom is -0.491 e. The average molecular weight is 445 g/mol. The van der Waals surface area contributed by atoms with Gasteiger partial charge in [-0.05, 0) is 37.1 Å². The number of ether oxygens (including phenoxy) is 1. The smallest absolute Gasteiger partial charge is 0.319 e. The largest absolute Gasteiger partial charge is 0.491 e. The van der Waals surface area contributed by atoms with E-state index >= 15 is 0 Å². The van der Waals surface area contributed by atoms with E-state index in [-0.39, 0.29) is 6.03 Å². The summed E-state index contributed by atoms with van der Waals surface area (Å²) >= 11 is 6.33. The van der Waals surface area contributed by atoms with Gasteiger partial charge in [0.1, 0.15) is 5.75 Å². The number of nitrogens with one attached hydrogen (secondary N) is 2. The van der Waals surface area contributed by atoms with Gasteiger partial charge in [-0.25, -0.2) is 4.79 Å². The average Bonchev–Trinajstić information content (AvgIpc) is 2.79. The highest BCUT2D eigenvalue weighted by Gasteiger charge is 2.18. The quantitative estimate of drug-likeness (QED) is 0.514. The fraction of sp³-hybridized carbons (Fsp3) is 0.458. The summed E-state index contributed by atoms with van der Waals surface area (Å²) in [4.78, 5) is 16.8. The molecule has 1 heterocycles. The molecule has 1 aliphatic heterocycles. The highest BCUT2D eigenvalue weighted by Crippen LogP contribution is 2.26. The van der Waals surface area contributed by atoms with Crippen LogP contribution in [0.15, 0.2) is 48.5 Å². The Labute approximate surface area is 190 Å². The van der Waals surface area contributed by atoms with Crippen LogP contribution in [0, 0.1) is 0 Å². The fourth-order valence-corrected chi connectivity index (χ4v) is 3.89. The molecule has 0 aliphatic carbocycles. The van der Waals surface area contributed by atoms with E-state index in [0.717, 1.165) is 62.7 Å². The number of hydrogen-bond donors (Lipinski definition) is 2. The summed E-state index contributed by atoms with van der Waals surface area (Å²) in [6, 6.07) is 15.4. The van der Waals surface area contributed by atoms with E-state index in [1.807, 2.05) is 42.5 Å². The number of benzene rings is 2. The SMILES string of the molecule is CCCCNC(=O)Nc1ccccc1OCCCN1CCN(c2ccccc2Cl)CC1. The lowest BCUT2D eigenvalue weighted by Crippen LogP contribution is -2.46. The van der Waals surface area contributed by atoms with Crippen LogP contribution in [-0.2, 0) is 0 Å². The van der Waals surface area contributed by atoms with Crippen LogP contribution in [-0.4, -0.2) is 56.8 Å². The van der Waals surface area contributed by atoms with Gasteiger partial charge in [-0.3, -0.25) is 4.90 Å². The zero-order chi connectivity index (χ0) is 21.9. The fourth-order valence-electron chi connectivity index (χ4n) is 3.63. The number of carbonyl (C=O) groups excluding carboxylic acids is 1. The predicted molar refractivity (Wildman–Crippen MR) is 129 cm³/mol. The van der Waals surface area contributed by atoms with Crippen molar-refractivity contribution >= 4 is 29.0 Å². The number of nitrogens with zero attached hydrogens (tertiary/aromatic N) is 2. The molecule has 2 aromatic rings. The van der Waals surface area contributed by atoms with Crippen molar-refractivity contribution in [2.75, 3.05) is 56.1 Å². The Morgan fingerprint density at radius 2 is 1.77 bits per heavy atom. The third-order valence-corrected chi connectivity index (χ3v) is 5.71. The molecule has 2 aromatic carbocycles. The van der Waals surface area contributed by atoms with Gasteiger partial charge in [0.2, 0.25) is 0 Å². The van der Waals surface area contributed by atoms with Crippen LogP contribution in [0.3, 0.4) is 0 Å². The summed E-state index contributed by atoms with van der Waals surface area (Å²) in [5.74, 6) is 0.705. The van der Waals surface area contributed by atoms with Crippen LogP contribution < -0.4 is 20.3 Å². The molecular formula is C24H33ClN4O2. The molecule has 0 bridgehead atoms. The highest BCUT2D eigenvalue weighted by atomic mass is 35.5. The molecule has 0 radical (unpaired) electrons. The van der Waals surface area contributed by atoms with E-state index in [1.54, 1.807) is 0 Å². The van der Waals surface area contributed by atoms with Crippen LogP contribution in [0.1, 0.15) is 26.2 Å². The van der Waals surface area contributed by atoms with Crippen LogP contribution in [0.4, 0.5) is 16.2 Å². The second kappa shape index (κ2) is 12.4. The van der Waals surface area contributed by atoms with Gasteiger partial charge < -0.3 is 20.3 Å². The van der Waals surface area contributed by atoms with Crippen molar-refractivity contribution in [1.82, 2.24) is 10.2 Å². The Morgan fingerprint density at radius 1 is 1.03 bits per heavy atom. The zero-order valence-electron chi connectivity index (χ0n) is 18.3. The lowest BCUT2D eigenvalue weighted by atomic mass is 10.2. The number of para-hydroxylation sites is 3. The van der Waals surface area contributed by atoms with E-state index in [0.29, 0.717) is 24.6 Å². The van der Waals surface area contributed by atoms with Gasteiger partial charge in [0.05, 0.1) is 23.0 Å². The molecule has 0 aromatic heterocycles. The molecule has 6 nitrogen and oxygen atoms in total. The molecule has 1 aliphatic rings. The van der Waals surface area contributed by atoms with Gasteiger partial charge in [0, 0.05) is 39.3 Å². The second-order valence-electron chi connectivity index (χ2n) is 7.71. The summed E-state index contributed by atoms with van der Waals surface area (Å²) in [5.41, 5.74) is 1.82. The topological polar surface area (TPSA) is 56.8 Å². The molecule has 0 saturated carbocycles. The van der Waals surface area contributed by atoms with Crippen LogP contribution in [0.25, 0.3) is 0 Å². The maximum absolute atomic E-state index is 12.0. The number of hydrogen-bond acceptors (Lipinski definition) is 4. The number of piperazine rings is 1. The standard InChI is InChI=1S/C24H33ClN4O2/c1-2-3-13-26-24(30)27-21-10-5-7-12-23(21)31-19-8-14-28-15-17-29(18-16-28)22-11-6-4-9-20(22)25/h4-7,9-12H,2-3,8,13-19H2,1H3,(H2,26,27,30). The first kappa shape index (κ1) is 23.2. The number of anilines is 2. The molecule has 31 heavy (non-hydrogen) atoms. The number of halogens is 1. The van der Waals surface area contributed by atoms with E-state index in [4.69, 9.17) is 16.3 Å². The van der Waals surface area contributed by atoms with Gasteiger partial charge in [-0.2, -0.15) is 0 Å². The summed E-state index contributed by atoms with van der Waals surface area (Å²) in [7, 11) is 0. The first-order valence-electron chi connectivity index (χ1n) is 11.2. The van der Waals surface area contributed by atoms with Crippen LogP contribution in [0.2, 0.25) is 5.02 Å². The minimum atomic E-state index is -0.194. The number of urea groups is 1. The van der Waals surface area contributed by atoms with E-state index in [1.165, 1.54) is 0 Å². The molecule has 0 unspecified atom stereocenters. The van der Waals surface area contributed by atoms with Crippen molar-refractivity contribution in [3.63, 3.8) is 0 Å². The second-order valence-corrected chi connectivity index (χ2v) is 8.12. The molecule has 2 N–H and O–H groups in total. The monoisotopic (exact) mass is 444 g/mol. The zero-order valence-corrected chi connectivity index (χ0v) is 19.0. The van der Waals surface area contributed by atoms with Gasteiger partial charge in [-0.1, -0.05) is 49.2 Å². The maximum Gasteiger partial charge on any atom is 0.319 e. The van der Waals surface area contributed by atoms with Crippen molar-refractivity contribution in [2.45, 2.75) is 26.2 Å². The summed E-state index contributed by atoms with van der Waals surface area (Å²) in [6.07, 6.45) is 2.95. The van der Waals surface area contributed by atoms with Crippen molar-refractivity contribution in [3.8, 4) is 5.75 Å². The lowest BCUT2D eigenvalue weighted by molar-refractivity contribution is 0.225. The first-order valence-corrected chi connectivity index (χ1v) is 11.5. The van der Waals surface area contributed by atoms with E-state index < -0.39 is 0 Å². The van der Waals surface area contributed by atoms with E-state index in [2.05, 4.69) is 33.4 Å². The molecule has 168 valence electrons. The van der Waals surface area contributed by atoms with Crippen LogP contribution >= 0.6 is 11.6 Å². The number of carbonyl (C=O) groups is 1. The summed E-state index contributed by atoms with van der Waals surface area (Å²) in [5, 5.41) is 6.56. The Hall–Kier alpha value is -2.44. The number of amides is 2. The maximum atomic E-state index is 12.0. The molecule has 7 heteroatoms. The lowest BCUT2D eigenvalue weighted by Gasteiger charge is -2.36. The number of rotatable bonds is 10. The molecular weight excluding hydrogens is 412 g/mol. The van der Waals surface area contributed by atoms with Gasteiger partial charge in [0.25, 0.3) is 0 Å². The molecule has 0 spiro atoms. The normalized spacial score (nSPS) is 14.3. The van der Waals surface area contributed by atoms with Crippen molar-refractivity contribution in [2.24, 2.45) is 0 Å². The Morgan fingerprint density at radius 3 is 2.55 bits per heavy atom. The third kappa shape index (κ3) is 7.33. The molecule has 1 saturated heterocycles. The third-order valence-electron chi connectivity index (χ3n) is 5.39. The molecule has 3 rings (SSSR count). The molecule has 2 amide bonds. The van der Waals surface area contributed by atoms with Gasteiger partial charge in [0.15, 0.2) is 0 Å². The first-order chi connectivity index (χ1) is 15.2. The van der Waals surface area contributed by atoms with Crippen molar-refractivity contribution in [1.29, 1.82) is 0 Å². The minimum absolute atomic E-state index is 0.194. The highest BCUT2D eigenvalue weighted by molar-refractivity contribution is 6.33. The Bertz CT molecular complexity index is 825.